The van der Waals surface area contributed by atoms with Crippen LogP contribution < -0.4 is 4.74 Å². The fourth-order valence-corrected chi connectivity index (χ4v) is 4.60. The van der Waals surface area contributed by atoms with Crippen LogP contribution in [-0.2, 0) is 0 Å². The van der Waals surface area contributed by atoms with Gasteiger partial charge in [-0.2, -0.15) is 0 Å². The third-order valence-electron chi connectivity index (χ3n) is 4.96. The maximum Gasteiger partial charge on any atom is 0.340 e. The van der Waals surface area contributed by atoms with Crippen molar-refractivity contribution in [1.29, 1.82) is 0 Å². The van der Waals surface area contributed by atoms with Gasteiger partial charge in [0.25, 0.3) is 0 Å². The van der Waals surface area contributed by atoms with Crippen LogP contribution >= 0.6 is 45.2 Å². The number of halogens is 2. The van der Waals surface area contributed by atoms with E-state index in [0.717, 1.165) is 18.3 Å². The normalized spacial score (nSPS) is 10.6. The van der Waals surface area contributed by atoms with E-state index in [1.165, 1.54) is 12.1 Å². The lowest BCUT2D eigenvalue weighted by Gasteiger charge is -2.16. The predicted octanol–water partition coefficient (Wildman–Crippen LogP) is 7.42. The average molecular weight is 662 g/mol. The Bertz CT molecular complexity index is 1360. The zero-order chi connectivity index (χ0) is 23.5. The minimum Gasteiger partial charge on any atom is -0.478 e. The third-order valence-corrected chi connectivity index (χ3v) is 6.31. The highest BCUT2D eigenvalue weighted by molar-refractivity contribution is 14.1. The molecule has 5 nitrogen and oxygen atoms in total. The zero-order valence-electron chi connectivity index (χ0n) is 17.0. The molecule has 164 valence electrons. The Morgan fingerprint density at radius 2 is 1.27 bits per heavy atom. The van der Waals surface area contributed by atoms with Crippen LogP contribution in [0.15, 0.2) is 84.9 Å². The van der Waals surface area contributed by atoms with Crippen molar-refractivity contribution in [2.75, 3.05) is 0 Å². The number of aromatic carboxylic acids is 2. The van der Waals surface area contributed by atoms with Crippen LogP contribution in [0, 0.1) is 7.14 Å². The quantitative estimate of drug-likeness (QED) is 0.210. The molecule has 0 bridgehead atoms. The first-order valence-corrected chi connectivity index (χ1v) is 11.9. The van der Waals surface area contributed by atoms with E-state index >= 15 is 0 Å². The molecule has 4 aromatic rings. The Morgan fingerprint density at radius 1 is 0.667 bits per heavy atom. The topological polar surface area (TPSA) is 83.8 Å². The van der Waals surface area contributed by atoms with Crippen LogP contribution in [-0.4, -0.2) is 22.2 Å². The first kappa shape index (κ1) is 23.2. The van der Waals surface area contributed by atoms with E-state index in [1.807, 2.05) is 36.4 Å². The second-order valence-corrected chi connectivity index (χ2v) is 9.61. The molecule has 0 amide bonds. The molecule has 4 rings (SSSR count). The average Bonchev–Trinajstić information content (AvgIpc) is 2.79. The standard InChI is InChI=1S/C26H16I2O5/c27-18-5-1-3-16(13-18)15-7-9-20(10-8-15)33-22-12-11-21(25(29)30)23(24(22)26(31)32)17-4-2-6-19(28)14-17/h1-14H,(H,29,30)(H,31,32). The fraction of sp³-hybridized carbons (Fsp3) is 0. The summed E-state index contributed by atoms with van der Waals surface area (Å²) in [6.07, 6.45) is 0. The van der Waals surface area contributed by atoms with Crippen LogP contribution in [0.1, 0.15) is 20.7 Å². The number of hydrogen-bond acceptors (Lipinski definition) is 3. The number of hydrogen-bond donors (Lipinski definition) is 2. The SMILES string of the molecule is O=C(O)c1ccc(Oc2ccc(-c3cccc(I)c3)cc2)c(C(=O)O)c1-c1cccc(I)c1. The lowest BCUT2D eigenvalue weighted by molar-refractivity contribution is 0.0694. The molecule has 7 heteroatoms. The summed E-state index contributed by atoms with van der Waals surface area (Å²) in [5.74, 6) is -1.95. The van der Waals surface area contributed by atoms with Gasteiger partial charge in [-0.15, -0.1) is 0 Å². The molecule has 0 aromatic heterocycles. The summed E-state index contributed by atoms with van der Waals surface area (Å²) < 4.78 is 7.92. The molecule has 4 aromatic carbocycles. The van der Waals surface area contributed by atoms with Crippen molar-refractivity contribution in [1.82, 2.24) is 0 Å². The van der Waals surface area contributed by atoms with Gasteiger partial charge in [0.2, 0.25) is 0 Å². The molecule has 0 saturated heterocycles. The van der Waals surface area contributed by atoms with Gasteiger partial charge in [-0.25, -0.2) is 9.59 Å². The van der Waals surface area contributed by atoms with Crippen molar-refractivity contribution >= 4 is 57.1 Å². The van der Waals surface area contributed by atoms with Crippen molar-refractivity contribution in [3.8, 4) is 33.8 Å². The largest absolute Gasteiger partial charge is 0.478 e. The summed E-state index contributed by atoms with van der Waals surface area (Å²) in [5, 5.41) is 19.7. The predicted molar refractivity (Wildman–Crippen MR) is 143 cm³/mol. The molecule has 2 N–H and O–H groups in total. The lowest BCUT2D eigenvalue weighted by Crippen LogP contribution is -2.09. The number of carboxylic acids is 2. The first-order chi connectivity index (χ1) is 15.8. The fourth-order valence-electron chi connectivity index (χ4n) is 3.51. The van der Waals surface area contributed by atoms with Crippen molar-refractivity contribution in [3.63, 3.8) is 0 Å². The molecule has 0 aliphatic heterocycles. The number of ether oxygens (including phenoxy) is 1. The molecule has 0 saturated carbocycles. The Hall–Kier alpha value is -2.92. The van der Waals surface area contributed by atoms with Crippen LogP contribution in [0.2, 0.25) is 0 Å². The second kappa shape index (κ2) is 9.92. The molecule has 0 atom stereocenters. The van der Waals surface area contributed by atoms with Crippen LogP contribution in [0.25, 0.3) is 22.3 Å². The van der Waals surface area contributed by atoms with Crippen molar-refractivity contribution in [2.45, 2.75) is 0 Å². The number of carbonyl (C=O) groups is 2. The molecule has 0 spiro atoms. The highest BCUT2D eigenvalue weighted by atomic mass is 127. The molecule has 0 radical (unpaired) electrons. The van der Waals surface area contributed by atoms with Gasteiger partial charge in [-0.05, 0) is 110 Å². The molecule has 0 unspecified atom stereocenters. The molecule has 0 heterocycles. The molecular weight excluding hydrogens is 646 g/mol. The summed E-state index contributed by atoms with van der Waals surface area (Å²) in [7, 11) is 0. The Morgan fingerprint density at radius 3 is 1.85 bits per heavy atom. The van der Waals surface area contributed by atoms with E-state index in [0.29, 0.717) is 11.3 Å². The monoisotopic (exact) mass is 662 g/mol. The van der Waals surface area contributed by atoms with Gasteiger partial charge in [0, 0.05) is 12.7 Å². The number of carboxylic acid groups (broad SMARTS) is 2. The van der Waals surface area contributed by atoms with Crippen molar-refractivity contribution in [2.24, 2.45) is 0 Å². The van der Waals surface area contributed by atoms with Gasteiger partial charge in [-0.1, -0.05) is 36.4 Å². The van der Waals surface area contributed by atoms with E-state index in [4.69, 9.17) is 4.74 Å². The molecule has 0 aliphatic rings. The maximum absolute atomic E-state index is 12.3. The molecular formula is C26H16I2O5. The highest BCUT2D eigenvalue weighted by Gasteiger charge is 2.25. The van der Waals surface area contributed by atoms with Crippen molar-refractivity contribution in [3.05, 3.63) is 103 Å². The van der Waals surface area contributed by atoms with Crippen LogP contribution in [0.5, 0.6) is 11.5 Å². The van der Waals surface area contributed by atoms with Crippen molar-refractivity contribution < 1.29 is 24.5 Å². The van der Waals surface area contributed by atoms with Crippen LogP contribution in [0.4, 0.5) is 0 Å². The number of rotatable bonds is 6. The summed E-state index contributed by atoms with van der Waals surface area (Å²) >= 11 is 4.36. The highest BCUT2D eigenvalue weighted by Crippen LogP contribution is 2.37. The molecule has 33 heavy (non-hydrogen) atoms. The Labute approximate surface area is 217 Å². The van der Waals surface area contributed by atoms with Gasteiger partial charge >= 0.3 is 11.9 Å². The Kier molecular flexibility index (Phi) is 6.99. The minimum absolute atomic E-state index is 0.0726. The Balaban J connectivity index is 1.77. The van der Waals surface area contributed by atoms with Gasteiger partial charge in [0.05, 0.1) is 5.56 Å². The van der Waals surface area contributed by atoms with E-state index in [1.54, 1.807) is 30.3 Å². The zero-order valence-corrected chi connectivity index (χ0v) is 21.3. The maximum atomic E-state index is 12.3. The van der Waals surface area contributed by atoms with Gasteiger partial charge in [0.1, 0.15) is 17.1 Å². The van der Waals surface area contributed by atoms with E-state index in [-0.39, 0.29) is 22.4 Å². The van der Waals surface area contributed by atoms with E-state index in [2.05, 4.69) is 51.2 Å². The summed E-state index contributed by atoms with van der Waals surface area (Å²) in [4.78, 5) is 24.1. The molecule has 0 fully saturated rings. The van der Waals surface area contributed by atoms with Gasteiger partial charge in [-0.3, -0.25) is 0 Å². The summed E-state index contributed by atoms with van der Waals surface area (Å²) in [5.41, 5.74) is 2.37. The van der Waals surface area contributed by atoms with E-state index < -0.39 is 11.9 Å². The van der Waals surface area contributed by atoms with E-state index in [9.17, 15) is 19.8 Å². The lowest BCUT2D eigenvalue weighted by atomic mass is 9.93. The first-order valence-electron chi connectivity index (χ1n) is 9.77. The summed E-state index contributed by atoms with van der Waals surface area (Å²) in [6.45, 7) is 0. The summed E-state index contributed by atoms with van der Waals surface area (Å²) in [6, 6.07) is 25.2. The minimum atomic E-state index is -1.27. The van der Waals surface area contributed by atoms with Crippen LogP contribution in [0.3, 0.4) is 0 Å². The van der Waals surface area contributed by atoms with Gasteiger partial charge < -0.3 is 14.9 Å². The molecule has 0 aliphatic carbocycles. The number of benzene rings is 4. The third kappa shape index (κ3) is 5.19. The smallest absolute Gasteiger partial charge is 0.340 e. The van der Waals surface area contributed by atoms with Gasteiger partial charge in [0.15, 0.2) is 0 Å². The second-order valence-electron chi connectivity index (χ2n) is 7.12.